The van der Waals surface area contributed by atoms with E-state index >= 15 is 0 Å². The van der Waals surface area contributed by atoms with Gasteiger partial charge in [0.15, 0.2) is 0 Å². The van der Waals surface area contributed by atoms with E-state index in [2.05, 4.69) is 30.3 Å². The molecule has 2 aromatic carbocycles. The number of anilines is 1. The molecule has 0 saturated heterocycles. The molecule has 0 aromatic heterocycles. The molecule has 0 spiro atoms. The zero-order valence-electron chi connectivity index (χ0n) is 16.0. The summed E-state index contributed by atoms with van der Waals surface area (Å²) < 4.78 is 0. The smallest absolute Gasteiger partial charge is 0.237 e. The SMILES string of the molecule is CN(C(=O)C12CCCC1=C(c1ccccc1)[C@@H]1CCC[C@H]12)c1ccccc1. The lowest BCUT2D eigenvalue weighted by molar-refractivity contribution is -0.128. The number of allylic oxidation sites excluding steroid dienone is 1. The van der Waals surface area contributed by atoms with Crippen molar-refractivity contribution >= 4 is 17.2 Å². The molecule has 27 heavy (non-hydrogen) atoms. The number of nitrogens with zero attached hydrogens (tertiary/aromatic N) is 1. The molecule has 3 aliphatic carbocycles. The molecule has 138 valence electrons. The summed E-state index contributed by atoms with van der Waals surface area (Å²) in [5, 5.41) is 0. The number of hydrogen-bond donors (Lipinski definition) is 0. The van der Waals surface area contributed by atoms with Crippen molar-refractivity contribution in [2.45, 2.75) is 38.5 Å². The lowest BCUT2D eigenvalue weighted by Gasteiger charge is -2.36. The molecule has 0 aliphatic heterocycles. The van der Waals surface area contributed by atoms with Crippen LogP contribution in [0.3, 0.4) is 0 Å². The van der Waals surface area contributed by atoms with Crippen molar-refractivity contribution in [2.24, 2.45) is 17.3 Å². The zero-order valence-corrected chi connectivity index (χ0v) is 16.0. The van der Waals surface area contributed by atoms with Gasteiger partial charge < -0.3 is 4.90 Å². The van der Waals surface area contributed by atoms with Crippen LogP contribution in [0.4, 0.5) is 5.69 Å². The third-order valence-electron chi connectivity index (χ3n) is 7.30. The first-order valence-corrected chi connectivity index (χ1v) is 10.4. The first kappa shape index (κ1) is 16.8. The lowest BCUT2D eigenvalue weighted by atomic mass is 9.71. The van der Waals surface area contributed by atoms with E-state index in [0.29, 0.717) is 17.7 Å². The second kappa shape index (κ2) is 6.37. The maximum atomic E-state index is 14.0. The number of fused-ring (bicyclic) bond motifs is 3. The standard InChI is InChI=1S/C25H27NO/c1-26(19-12-6-3-7-13-19)24(27)25-17-9-16-22(25)23(18-10-4-2-5-11-18)20-14-8-15-21(20)25/h2-7,10-13,20-21H,8-9,14-17H2,1H3/t20-,21-,25?/m1/s1. The summed E-state index contributed by atoms with van der Waals surface area (Å²) in [5.74, 6) is 1.38. The zero-order chi connectivity index (χ0) is 18.4. The molecular formula is C25H27NO. The third kappa shape index (κ3) is 2.35. The van der Waals surface area contributed by atoms with E-state index in [1.165, 1.54) is 36.0 Å². The third-order valence-corrected chi connectivity index (χ3v) is 7.30. The van der Waals surface area contributed by atoms with Crippen LogP contribution >= 0.6 is 0 Å². The molecular weight excluding hydrogens is 330 g/mol. The number of rotatable bonds is 3. The average molecular weight is 357 g/mol. The molecule has 0 radical (unpaired) electrons. The Balaban J connectivity index is 1.63. The highest BCUT2D eigenvalue weighted by atomic mass is 16.2. The van der Waals surface area contributed by atoms with E-state index in [-0.39, 0.29) is 5.41 Å². The Kier molecular flexibility index (Phi) is 3.96. The monoisotopic (exact) mass is 357 g/mol. The van der Waals surface area contributed by atoms with Crippen LogP contribution in [0.5, 0.6) is 0 Å². The highest BCUT2D eigenvalue weighted by Crippen LogP contribution is 2.66. The van der Waals surface area contributed by atoms with Gasteiger partial charge in [-0.25, -0.2) is 0 Å². The maximum Gasteiger partial charge on any atom is 0.237 e. The van der Waals surface area contributed by atoms with Crippen LogP contribution in [-0.4, -0.2) is 13.0 Å². The van der Waals surface area contributed by atoms with Crippen molar-refractivity contribution in [1.29, 1.82) is 0 Å². The minimum absolute atomic E-state index is 0.267. The van der Waals surface area contributed by atoms with Crippen LogP contribution in [0.2, 0.25) is 0 Å². The topological polar surface area (TPSA) is 20.3 Å². The van der Waals surface area contributed by atoms with Crippen LogP contribution in [-0.2, 0) is 4.79 Å². The summed E-state index contributed by atoms with van der Waals surface area (Å²) in [4.78, 5) is 15.9. The molecule has 3 aliphatic rings. The first-order chi connectivity index (χ1) is 13.2. The van der Waals surface area contributed by atoms with Gasteiger partial charge in [0.25, 0.3) is 0 Å². The molecule has 0 N–H and O–H groups in total. The Labute approximate surface area is 161 Å². The summed E-state index contributed by atoms with van der Waals surface area (Å²) in [6, 6.07) is 21.0. The molecule has 2 fully saturated rings. The van der Waals surface area contributed by atoms with Crippen LogP contribution in [0, 0.1) is 17.3 Å². The Bertz CT molecular complexity index is 885. The molecule has 2 nitrogen and oxygen atoms in total. The van der Waals surface area contributed by atoms with Crippen molar-refractivity contribution in [3.05, 3.63) is 71.8 Å². The van der Waals surface area contributed by atoms with Gasteiger partial charge in [-0.05, 0) is 67.2 Å². The van der Waals surface area contributed by atoms with E-state index < -0.39 is 0 Å². The quantitative estimate of drug-likeness (QED) is 0.689. The van der Waals surface area contributed by atoms with Gasteiger partial charge in [0.2, 0.25) is 5.91 Å². The summed E-state index contributed by atoms with van der Waals surface area (Å²) >= 11 is 0. The van der Waals surface area contributed by atoms with Gasteiger partial charge in [0.1, 0.15) is 0 Å². The van der Waals surface area contributed by atoms with Gasteiger partial charge in [-0.3, -0.25) is 4.79 Å². The second-order valence-electron chi connectivity index (χ2n) is 8.43. The van der Waals surface area contributed by atoms with Crippen molar-refractivity contribution in [2.75, 3.05) is 11.9 Å². The van der Waals surface area contributed by atoms with Crippen molar-refractivity contribution in [3.63, 3.8) is 0 Å². The Morgan fingerprint density at radius 3 is 2.41 bits per heavy atom. The van der Waals surface area contributed by atoms with Crippen LogP contribution < -0.4 is 4.90 Å². The van der Waals surface area contributed by atoms with E-state index in [9.17, 15) is 4.79 Å². The summed E-state index contributed by atoms with van der Waals surface area (Å²) in [6.45, 7) is 0. The van der Waals surface area contributed by atoms with Gasteiger partial charge in [-0.2, -0.15) is 0 Å². The van der Waals surface area contributed by atoms with Gasteiger partial charge in [0.05, 0.1) is 5.41 Å². The fourth-order valence-corrected chi connectivity index (χ4v) is 6.29. The molecule has 1 amide bonds. The average Bonchev–Trinajstić information content (AvgIpc) is 3.41. The number of amides is 1. The van der Waals surface area contributed by atoms with Crippen molar-refractivity contribution in [1.82, 2.24) is 0 Å². The van der Waals surface area contributed by atoms with Gasteiger partial charge in [-0.1, -0.05) is 60.5 Å². The van der Waals surface area contributed by atoms with E-state index in [1.54, 1.807) is 0 Å². The molecule has 2 heteroatoms. The highest BCUT2D eigenvalue weighted by molar-refractivity contribution is 6.03. The molecule has 0 heterocycles. The number of benzene rings is 2. The molecule has 2 saturated carbocycles. The van der Waals surface area contributed by atoms with Crippen LogP contribution in [0.25, 0.3) is 5.57 Å². The molecule has 1 unspecified atom stereocenters. The Hall–Kier alpha value is -2.35. The maximum absolute atomic E-state index is 14.0. The normalized spacial score (nSPS) is 28.9. The predicted octanol–water partition coefficient (Wildman–Crippen LogP) is 5.70. The van der Waals surface area contributed by atoms with E-state index in [4.69, 9.17) is 0 Å². The number of carbonyl (C=O) groups excluding carboxylic acids is 1. The Morgan fingerprint density at radius 1 is 0.963 bits per heavy atom. The predicted molar refractivity (Wildman–Crippen MR) is 110 cm³/mol. The van der Waals surface area contributed by atoms with Crippen molar-refractivity contribution < 1.29 is 4.79 Å². The summed E-state index contributed by atoms with van der Waals surface area (Å²) in [6.07, 6.45) is 6.94. The largest absolute Gasteiger partial charge is 0.315 e. The number of hydrogen-bond acceptors (Lipinski definition) is 1. The van der Waals surface area contributed by atoms with Crippen LogP contribution in [0.15, 0.2) is 66.2 Å². The molecule has 2 aromatic rings. The summed E-state index contributed by atoms with van der Waals surface area (Å²) in [5.41, 5.74) is 5.08. The minimum atomic E-state index is -0.267. The fraction of sp³-hybridized carbons (Fsp3) is 0.400. The highest BCUT2D eigenvalue weighted by Gasteiger charge is 2.61. The molecule has 3 atom stereocenters. The first-order valence-electron chi connectivity index (χ1n) is 10.4. The van der Waals surface area contributed by atoms with Gasteiger partial charge in [-0.15, -0.1) is 0 Å². The molecule has 0 bridgehead atoms. The molecule has 5 rings (SSSR count). The van der Waals surface area contributed by atoms with Crippen molar-refractivity contribution in [3.8, 4) is 0 Å². The lowest BCUT2D eigenvalue weighted by Crippen LogP contribution is -2.45. The number of para-hydroxylation sites is 1. The fourth-order valence-electron chi connectivity index (χ4n) is 6.29. The Morgan fingerprint density at radius 2 is 1.67 bits per heavy atom. The van der Waals surface area contributed by atoms with Crippen LogP contribution in [0.1, 0.15) is 44.1 Å². The summed E-state index contributed by atoms with van der Waals surface area (Å²) in [7, 11) is 1.97. The van der Waals surface area contributed by atoms with E-state index in [0.717, 1.165) is 24.9 Å². The van der Waals surface area contributed by atoms with E-state index in [1.807, 2.05) is 42.3 Å². The second-order valence-corrected chi connectivity index (χ2v) is 8.43. The van der Waals surface area contributed by atoms with Gasteiger partial charge in [0, 0.05) is 12.7 Å². The number of carbonyl (C=O) groups is 1. The minimum Gasteiger partial charge on any atom is -0.315 e. The van der Waals surface area contributed by atoms with Gasteiger partial charge >= 0.3 is 0 Å².